The van der Waals surface area contributed by atoms with Crippen LogP contribution in [-0.4, -0.2) is 23.8 Å². The van der Waals surface area contributed by atoms with Crippen molar-refractivity contribution in [1.82, 2.24) is 5.32 Å². The maximum atomic E-state index is 11.6. The maximum Gasteiger partial charge on any atom is 0.319 e. The van der Waals surface area contributed by atoms with E-state index in [9.17, 15) is 9.90 Å². The molecule has 1 unspecified atom stereocenters. The second kappa shape index (κ2) is 6.21. The lowest BCUT2D eigenvalue weighted by molar-refractivity contribution is 0.0924. The van der Waals surface area contributed by atoms with Gasteiger partial charge in [-0.05, 0) is 12.1 Å². The van der Waals surface area contributed by atoms with Crippen LogP contribution >= 0.6 is 0 Å². The highest BCUT2D eigenvalue weighted by atomic mass is 16.3. The van der Waals surface area contributed by atoms with Crippen LogP contribution in [0.3, 0.4) is 0 Å². The number of hydrogen-bond donors (Lipinski definition) is 3. The summed E-state index contributed by atoms with van der Waals surface area (Å²) in [5.41, 5.74) is 0.285. The summed E-state index contributed by atoms with van der Waals surface area (Å²) in [6.45, 7) is 7.63. The number of aliphatic hydroxyl groups is 1. The van der Waals surface area contributed by atoms with E-state index < -0.39 is 11.5 Å². The van der Waals surface area contributed by atoms with Crippen molar-refractivity contribution in [3.8, 4) is 0 Å². The van der Waals surface area contributed by atoms with Gasteiger partial charge in [-0.1, -0.05) is 38.1 Å². The van der Waals surface area contributed by atoms with Crippen molar-refractivity contribution in [3.63, 3.8) is 0 Å². The molecule has 0 aliphatic rings. The van der Waals surface area contributed by atoms with Crippen LogP contribution in [0.25, 0.3) is 0 Å². The second-order valence-corrected chi connectivity index (χ2v) is 4.84. The average molecular weight is 248 g/mol. The SMILES string of the molecule is C=CC(O)C(C)(C)CNC(=O)Nc1ccccc1. The van der Waals surface area contributed by atoms with Crippen molar-refractivity contribution in [1.29, 1.82) is 0 Å². The third kappa shape index (κ3) is 4.22. The molecule has 0 heterocycles. The summed E-state index contributed by atoms with van der Waals surface area (Å²) in [6.07, 6.45) is 0.811. The molecular formula is C14H20N2O2. The number of carbonyl (C=O) groups excluding carboxylic acids is 1. The zero-order valence-corrected chi connectivity index (χ0v) is 10.8. The number of benzene rings is 1. The van der Waals surface area contributed by atoms with E-state index >= 15 is 0 Å². The van der Waals surface area contributed by atoms with Crippen molar-refractivity contribution < 1.29 is 9.90 Å². The van der Waals surface area contributed by atoms with E-state index in [1.54, 1.807) is 0 Å². The summed E-state index contributed by atoms with van der Waals surface area (Å²) in [5, 5.41) is 15.1. The minimum absolute atomic E-state index is 0.287. The fraction of sp³-hybridized carbons (Fsp3) is 0.357. The Morgan fingerprint density at radius 1 is 1.44 bits per heavy atom. The summed E-state index contributed by atoms with van der Waals surface area (Å²) < 4.78 is 0. The van der Waals surface area contributed by atoms with Gasteiger partial charge in [-0.25, -0.2) is 4.79 Å². The Hall–Kier alpha value is -1.81. The van der Waals surface area contributed by atoms with Crippen LogP contribution in [0.2, 0.25) is 0 Å². The normalized spacial score (nSPS) is 12.6. The van der Waals surface area contributed by atoms with Crippen LogP contribution in [0.15, 0.2) is 43.0 Å². The maximum absolute atomic E-state index is 11.6. The first-order valence-electron chi connectivity index (χ1n) is 5.86. The molecule has 0 aliphatic carbocycles. The van der Waals surface area contributed by atoms with Gasteiger partial charge in [0, 0.05) is 17.6 Å². The standard InChI is InChI=1S/C14H20N2O2/c1-4-12(17)14(2,3)10-15-13(18)16-11-8-6-5-7-9-11/h4-9,12,17H,1,10H2,2-3H3,(H2,15,16,18). The summed E-state index contributed by atoms with van der Waals surface area (Å²) in [6, 6.07) is 8.91. The molecule has 0 saturated heterocycles. The first-order valence-corrected chi connectivity index (χ1v) is 5.86. The smallest absolute Gasteiger partial charge is 0.319 e. The molecule has 1 aromatic rings. The molecule has 0 bridgehead atoms. The van der Waals surface area contributed by atoms with Gasteiger partial charge in [-0.3, -0.25) is 0 Å². The van der Waals surface area contributed by atoms with Crippen LogP contribution < -0.4 is 10.6 Å². The number of hydrogen-bond acceptors (Lipinski definition) is 2. The number of amides is 2. The molecule has 0 spiro atoms. The third-order valence-corrected chi connectivity index (χ3v) is 2.76. The summed E-state index contributed by atoms with van der Waals surface area (Å²) in [4.78, 5) is 11.6. The van der Waals surface area contributed by atoms with Crippen LogP contribution in [0.1, 0.15) is 13.8 Å². The van der Waals surface area contributed by atoms with Crippen molar-refractivity contribution in [2.75, 3.05) is 11.9 Å². The number of aliphatic hydroxyl groups excluding tert-OH is 1. The zero-order valence-electron chi connectivity index (χ0n) is 10.8. The van der Waals surface area contributed by atoms with E-state index in [0.717, 1.165) is 5.69 Å². The third-order valence-electron chi connectivity index (χ3n) is 2.76. The first kappa shape index (κ1) is 14.3. The highest BCUT2D eigenvalue weighted by molar-refractivity contribution is 5.89. The Morgan fingerprint density at radius 2 is 2.06 bits per heavy atom. The average Bonchev–Trinajstić information content (AvgIpc) is 2.36. The highest BCUT2D eigenvalue weighted by Gasteiger charge is 2.25. The van der Waals surface area contributed by atoms with Gasteiger partial charge in [-0.2, -0.15) is 0 Å². The van der Waals surface area contributed by atoms with Gasteiger partial charge < -0.3 is 15.7 Å². The van der Waals surface area contributed by atoms with Gasteiger partial charge in [0.15, 0.2) is 0 Å². The predicted octanol–water partition coefficient (Wildman–Crippen LogP) is 2.38. The van der Waals surface area contributed by atoms with Gasteiger partial charge in [0.2, 0.25) is 0 Å². The van der Waals surface area contributed by atoms with Crippen molar-refractivity contribution in [3.05, 3.63) is 43.0 Å². The number of anilines is 1. The van der Waals surface area contributed by atoms with Crippen LogP contribution in [-0.2, 0) is 0 Å². The van der Waals surface area contributed by atoms with E-state index in [1.165, 1.54) is 6.08 Å². The molecule has 4 nitrogen and oxygen atoms in total. The summed E-state index contributed by atoms with van der Waals surface area (Å²) >= 11 is 0. The van der Waals surface area contributed by atoms with Gasteiger partial charge in [0.05, 0.1) is 6.10 Å². The van der Waals surface area contributed by atoms with E-state index in [-0.39, 0.29) is 6.03 Å². The quantitative estimate of drug-likeness (QED) is 0.701. The molecule has 0 aromatic heterocycles. The fourth-order valence-corrected chi connectivity index (χ4v) is 1.43. The predicted molar refractivity (Wildman–Crippen MR) is 73.4 cm³/mol. The van der Waals surface area contributed by atoms with E-state index in [4.69, 9.17) is 0 Å². The minimum atomic E-state index is -0.658. The molecule has 18 heavy (non-hydrogen) atoms. The van der Waals surface area contributed by atoms with Crippen molar-refractivity contribution in [2.24, 2.45) is 5.41 Å². The van der Waals surface area contributed by atoms with Gasteiger partial charge >= 0.3 is 6.03 Å². The number of carbonyl (C=O) groups is 1. The second-order valence-electron chi connectivity index (χ2n) is 4.84. The Bertz CT molecular complexity index is 402. The van der Waals surface area contributed by atoms with E-state index in [2.05, 4.69) is 17.2 Å². The van der Waals surface area contributed by atoms with Gasteiger partial charge in [-0.15, -0.1) is 6.58 Å². The lowest BCUT2D eigenvalue weighted by Gasteiger charge is -2.28. The molecule has 4 heteroatoms. The van der Waals surface area contributed by atoms with Gasteiger partial charge in [0.25, 0.3) is 0 Å². The summed E-state index contributed by atoms with van der Waals surface area (Å²) in [7, 11) is 0. The Balaban J connectivity index is 2.44. The number of nitrogens with one attached hydrogen (secondary N) is 2. The monoisotopic (exact) mass is 248 g/mol. The molecule has 3 N–H and O–H groups in total. The fourth-order valence-electron chi connectivity index (χ4n) is 1.43. The van der Waals surface area contributed by atoms with Crippen LogP contribution in [0, 0.1) is 5.41 Å². The highest BCUT2D eigenvalue weighted by Crippen LogP contribution is 2.20. The van der Waals surface area contributed by atoms with Crippen LogP contribution in [0.5, 0.6) is 0 Å². The molecular weight excluding hydrogens is 228 g/mol. The molecule has 0 saturated carbocycles. The van der Waals surface area contributed by atoms with Crippen LogP contribution in [0.4, 0.5) is 10.5 Å². The summed E-state index contributed by atoms with van der Waals surface area (Å²) in [5.74, 6) is 0. The molecule has 2 amide bonds. The molecule has 0 aliphatic heterocycles. The van der Waals surface area contributed by atoms with E-state index in [1.807, 2.05) is 44.2 Å². The Kier molecular flexibility index (Phi) is 4.92. The van der Waals surface area contributed by atoms with Crippen molar-refractivity contribution >= 4 is 11.7 Å². The van der Waals surface area contributed by atoms with E-state index in [0.29, 0.717) is 6.54 Å². The molecule has 0 radical (unpaired) electrons. The largest absolute Gasteiger partial charge is 0.388 e. The number of urea groups is 1. The number of para-hydroxylation sites is 1. The Morgan fingerprint density at radius 3 is 2.61 bits per heavy atom. The number of rotatable bonds is 5. The molecule has 1 rings (SSSR count). The van der Waals surface area contributed by atoms with Gasteiger partial charge in [0.1, 0.15) is 0 Å². The zero-order chi connectivity index (χ0) is 13.6. The first-order chi connectivity index (χ1) is 8.45. The molecule has 0 fully saturated rings. The lowest BCUT2D eigenvalue weighted by Crippen LogP contribution is -2.42. The topological polar surface area (TPSA) is 61.4 Å². The minimum Gasteiger partial charge on any atom is -0.388 e. The molecule has 98 valence electrons. The molecule has 1 aromatic carbocycles. The molecule has 1 atom stereocenters. The lowest BCUT2D eigenvalue weighted by atomic mass is 9.86. The Labute approximate surface area is 108 Å². The van der Waals surface area contributed by atoms with Crippen molar-refractivity contribution in [2.45, 2.75) is 20.0 Å².